The van der Waals surface area contributed by atoms with Crippen molar-refractivity contribution in [1.82, 2.24) is 0 Å². The van der Waals surface area contributed by atoms with Crippen LogP contribution in [0.1, 0.15) is 12.5 Å². The van der Waals surface area contributed by atoms with E-state index in [0.29, 0.717) is 5.75 Å². The van der Waals surface area contributed by atoms with Crippen molar-refractivity contribution in [2.45, 2.75) is 19.0 Å². The number of hydrogen-bond donors (Lipinski definition) is 1. The van der Waals surface area contributed by atoms with Crippen molar-refractivity contribution in [2.75, 3.05) is 13.7 Å². The normalized spacial score (nSPS) is 14.7. The average Bonchev–Trinajstić information content (AvgIpc) is 2.18. The molecule has 1 atom stereocenters. The summed E-state index contributed by atoms with van der Waals surface area (Å²) in [5.74, 6) is 0.690. The summed E-state index contributed by atoms with van der Waals surface area (Å²) in [5, 5.41) is 0. The monoisotopic (exact) mass is 275 g/mol. The molecule has 15 heavy (non-hydrogen) atoms. The first-order valence-electron chi connectivity index (χ1n) is 4.70. The molecule has 84 valence electrons. The van der Waals surface area contributed by atoms with Gasteiger partial charge in [0.25, 0.3) is 0 Å². The molecule has 4 heteroatoms. The largest absolute Gasteiger partial charge is 0.496 e. The number of benzene rings is 1. The maximum atomic E-state index is 13.8. The molecule has 1 rings (SSSR count). The molecule has 1 aromatic carbocycles. The van der Waals surface area contributed by atoms with Gasteiger partial charge in [-0.05, 0) is 30.7 Å². The molecule has 0 saturated heterocycles. The first-order valence-corrected chi connectivity index (χ1v) is 5.49. The lowest BCUT2D eigenvalue weighted by Crippen LogP contribution is -2.31. The number of methoxy groups -OCH3 is 1. The predicted octanol–water partition coefficient (Wildman–Crippen LogP) is 2.69. The lowest BCUT2D eigenvalue weighted by molar-refractivity contribution is 0.198. The molecule has 0 aliphatic carbocycles. The van der Waals surface area contributed by atoms with E-state index >= 15 is 0 Å². The molecule has 0 amide bonds. The first-order chi connectivity index (χ1) is 6.98. The number of rotatable bonds is 4. The lowest BCUT2D eigenvalue weighted by Gasteiger charge is -2.19. The molecule has 0 fully saturated rings. The molecule has 0 radical (unpaired) electrons. The van der Waals surface area contributed by atoms with Crippen molar-refractivity contribution < 1.29 is 9.13 Å². The second-order valence-corrected chi connectivity index (χ2v) is 4.67. The van der Waals surface area contributed by atoms with E-state index in [4.69, 9.17) is 10.5 Å². The van der Waals surface area contributed by atoms with Crippen LogP contribution in [0.15, 0.2) is 22.7 Å². The van der Waals surface area contributed by atoms with Crippen molar-refractivity contribution in [1.29, 1.82) is 0 Å². The third-order valence-corrected chi connectivity index (χ3v) is 2.72. The van der Waals surface area contributed by atoms with Gasteiger partial charge in [0, 0.05) is 17.4 Å². The Labute approximate surface area is 97.7 Å². The third kappa shape index (κ3) is 3.47. The highest BCUT2D eigenvalue weighted by Crippen LogP contribution is 2.27. The van der Waals surface area contributed by atoms with Gasteiger partial charge in [0.2, 0.25) is 0 Å². The van der Waals surface area contributed by atoms with Crippen LogP contribution in [-0.4, -0.2) is 19.3 Å². The molecule has 0 heterocycles. The maximum Gasteiger partial charge on any atom is 0.124 e. The highest BCUT2D eigenvalue weighted by molar-refractivity contribution is 9.10. The Morgan fingerprint density at radius 2 is 2.20 bits per heavy atom. The lowest BCUT2D eigenvalue weighted by atomic mass is 9.98. The highest BCUT2D eigenvalue weighted by atomic mass is 79.9. The van der Waals surface area contributed by atoms with Crippen molar-refractivity contribution in [3.8, 4) is 5.75 Å². The van der Waals surface area contributed by atoms with Crippen LogP contribution in [0.4, 0.5) is 4.39 Å². The quantitative estimate of drug-likeness (QED) is 0.917. The van der Waals surface area contributed by atoms with Crippen molar-refractivity contribution in [3.63, 3.8) is 0 Å². The Morgan fingerprint density at radius 1 is 1.53 bits per heavy atom. The van der Waals surface area contributed by atoms with Gasteiger partial charge in [0.05, 0.1) is 7.11 Å². The summed E-state index contributed by atoms with van der Waals surface area (Å²) in [6, 6.07) is 5.53. The van der Waals surface area contributed by atoms with E-state index in [1.54, 1.807) is 7.11 Å². The van der Waals surface area contributed by atoms with E-state index in [1.165, 1.54) is 6.92 Å². The van der Waals surface area contributed by atoms with Gasteiger partial charge in [-0.1, -0.05) is 15.9 Å². The van der Waals surface area contributed by atoms with Crippen LogP contribution in [-0.2, 0) is 6.42 Å². The van der Waals surface area contributed by atoms with Gasteiger partial charge in [0.15, 0.2) is 0 Å². The van der Waals surface area contributed by atoms with Crippen molar-refractivity contribution in [2.24, 2.45) is 5.73 Å². The standard InChI is InChI=1S/C11H15BrFNO/c1-11(13,7-14)6-8-5-9(12)3-4-10(8)15-2/h3-5H,6-7,14H2,1-2H3. The fourth-order valence-corrected chi connectivity index (χ4v) is 1.76. The minimum absolute atomic E-state index is 0.00265. The molecule has 0 saturated carbocycles. The Morgan fingerprint density at radius 3 is 2.73 bits per heavy atom. The summed E-state index contributed by atoms with van der Waals surface area (Å²) >= 11 is 3.35. The topological polar surface area (TPSA) is 35.2 Å². The number of alkyl halides is 1. The fraction of sp³-hybridized carbons (Fsp3) is 0.455. The second kappa shape index (κ2) is 4.94. The van der Waals surface area contributed by atoms with Gasteiger partial charge >= 0.3 is 0 Å². The summed E-state index contributed by atoms with van der Waals surface area (Å²) in [6.07, 6.45) is 0.256. The minimum atomic E-state index is -1.39. The number of nitrogens with two attached hydrogens (primary N) is 1. The van der Waals surface area contributed by atoms with Crippen LogP contribution in [0.5, 0.6) is 5.75 Å². The zero-order valence-corrected chi connectivity index (χ0v) is 10.5. The minimum Gasteiger partial charge on any atom is -0.496 e. The zero-order chi connectivity index (χ0) is 11.5. The van der Waals surface area contributed by atoms with Crippen molar-refractivity contribution in [3.05, 3.63) is 28.2 Å². The molecule has 0 aliphatic rings. The van der Waals surface area contributed by atoms with E-state index in [-0.39, 0.29) is 13.0 Å². The van der Waals surface area contributed by atoms with E-state index < -0.39 is 5.67 Å². The molecular weight excluding hydrogens is 261 g/mol. The molecule has 0 spiro atoms. The van der Waals surface area contributed by atoms with E-state index in [1.807, 2.05) is 18.2 Å². The third-order valence-electron chi connectivity index (χ3n) is 2.23. The summed E-state index contributed by atoms with van der Waals surface area (Å²) in [5.41, 5.74) is 4.78. The average molecular weight is 276 g/mol. The highest BCUT2D eigenvalue weighted by Gasteiger charge is 2.23. The molecule has 2 N–H and O–H groups in total. The van der Waals surface area contributed by atoms with Crippen LogP contribution >= 0.6 is 15.9 Å². The van der Waals surface area contributed by atoms with Gasteiger partial charge < -0.3 is 10.5 Å². The second-order valence-electron chi connectivity index (χ2n) is 3.75. The molecule has 0 bridgehead atoms. The van der Waals surface area contributed by atoms with Crippen LogP contribution in [0, 0.1) is 0 Å². The maximum absolute atomic E-state index is 13.8. The van der Waals surface area contributed by atoms with Gasteiger partial charge in [-0.3, -0.25) is 0 Å². The molecule has 0 aliphatic heterocycles. The van der Waals surface area contributed by atoms with E-state index in [9.17, 15) is 4.39 Å². The van der Waals surface area contributed by atoms with Crippen molar-refractivity contribution >= 4 is 15.9 Å². The van der Waals surface area contributed by atoms with Crippen LogP contribution in [0.2, 0.25) is 0 Å². The number of ether oxygens (including phenoxy) is 1. The summed E-state index contributed by atoms with van der Waals surface area (Å²) in [6.45, 7) is 1.50. The van der Waals surface area contributed by atoms with E-state index in [0.717, 1.165) is 10.0 Å². The first kappa shape index (κ1) is 12.5. The fourth-order valence-electron chi connectivity index (χ4n) is 1.35. The summed E-state index contributed by atoms with van der Waals surface area (Å²) in [7, 11) is 1.57. The molecule has 1 aromatic rings. The summed E-state index contributed by atoms with van der Waals surface area (Å²) in [4.78, 5) is 0. The van der Waals surface area contributed by atoms with Gasteiger partial charge in [-0.2, -0.15) is 0 Å². The molecule has 2 nitrogen and oxygen atoms in total. The summed E-state index contributed by atoms with van der Waals surface area (Å²) < 4.78 is 19.8. The molecular formula is C11H15BrFNO. The van der Waals surface area contributed by atoms with Gasteiger partial charge in [-0.25, -0.2) is 4.39 Å². The van der Waals surface area contributed by atoms with Crippen LogP contribution in [0.25, 0.3) is 0 Å². The Balaban J connectivity index is 2.97. The molecule has 0 aromatic heterocycles. The van der Waals surface area contributed by atoms with Crippen LogP contribution < -0.4 is 10.5 Å². The van der Waals surface area contributed by atoms with Gasteiger partial charge in [-0.15, -0.1) is 0 Å². The van der Waals surface area contributed by atoms with E-state index in [2.05, 4.69) is 15.9 Å². The predicted molar refractivity (Wildman–Crippen MR) is 63.0 cm³/mol. The zero-order valence-electron chi connectivity index (χ0n) is 8.89. The Kier molecular flexibility index (Phi) is 4.11. The number of halogens is 2. The smallest absolute Gasteiger partial charge is 0.124 e. The SMILES string of the molecule is COc1ccc(Br)cc1CC(C)(F)CN. The van der Waals surface area contributed by atoms with Crippen LogP contribution in [0.3, 0.4) is 0 Å². The number of hydrogen-bond acceptors (Lipinski definition) is 2. The molecule has 1 unspecified atom stereocenters. The Bertz CT molecular complexity index is 341. The van der Waals surface area contributed by atoms with Gasteiger partial charge in [0.1, 0.15) is 11.4 Å². The Hall–Kier alpha value is -0.610.